The van der Waals surface area contributed by atoms with E-state index in [0.29, 0.717) is 5.92 Å². The Bertz CT molecular complexity index is 284. The van der Waals surface area contributed by atoms with Crippen LogP contribution in [0.15, 0.2) is 12.2 Å². The quantitative estimate of drug-likeness (QED) is 0.715. The van der Waals surface area contributed by atoms with Gasteiger partial charge in [-0.1, -0.05) is 13.8 Å². The molecule has 0 aromatic carbocycles. The van der Waals surface area contributed by atoms with Gasteiger partial charge in [0.1, 0.15) is 0 Å². The van der Waals surface area contributed by atoms with Gasteiger partial charge in [0.05, 0.1) is 0 Å². The summed E-state index contributed by atoms with van der Waals surface area (Å²) >= 11 is 0. The number of hydrogen-bond acceptors (Lipinski definition) is 2. The Morgan fingerprint density at radius 1 is 1.40 bits per heavy atom. The van der Waals surface area contributed by atoms with Crippen molar-refractivity contribution in [2.75, 3.05) is 6.54 Å². The third kappa shape index (κ3) is 3.08. The summed E-state index contributed by atoms with van der Waals surface area (Å²) < 4.78 is 0. The van der Waals surface area contributed by atoms with Gasteiger partial charge in [-0.3, -0.25) is 4.79 Å². The summed E-state index contributed by atoms with van der Waals surface area (Å²) in [6.45, 7) is 4.90. The number of likely N-dealkylation sites (tertiary alicyclic amines) is 1. The van der Waals surface area contributed by atoms with E-state index in [-0.39, 0.29) is 11.9 Å². The molecular weight excluding hydrogens is 194 g/mol. The van der Waals surface area contributed by atoms with Gasteiger partial charge in [-0.2, -0.15) is 0 Å². The van der Waals surface area contributed by atoms with Gasteiger partial charge in [-0.25, -0.2) is 4.79 Å². The van der Waals surface area contributed by atoms with Crippen LogP contribution in [0.5, 0.6) is 0 Å². The zero-order valence-electron chi connectivity index (χ0n) is 9.14. The van der Waals surface area contributed by atoms with Crippen LogP contribution in [0.25, 0.3) is 0 Å². The van der Waals surface area contributed by atoms with Gasteiger partial charge < -0.3 is 10.0 Å². The summed E-state index contributed by atoms with van der Waals surface area (Å²) in [6.07, 6.45) is 4.07. The molecule has 1 saturated heterocycles. The van der Waals surface area contributed by atoms with E-state index in [9.17, 15) is 9.59 Å². The van der Waals surface area contributed by atoms with Crippen LogP contribution in [0, 0.1) is 5.92 Å². The number of hydrogen-bond donors (Lipinski definition) is 1. The van der Waals surface area contributed by atoms with Crippen molar-refractivity contribution in [3.8, 4) is 0 Å². The Morgan fingerprint density at radius 2 is 2.07 bits per heavy atom. The average Bonchev–Trinajstić information content (AvgIpc) is 2.62. The number of amides is 1. The first kappa shape index (κ1) is 11.8. The Morgan fingerprint density at radius 3 is 2.60 bits per heavy atom. The molecule has 1 unspecified atom stereocenters. The lowest BCUT2D eigenvalue weighted by atomic mass is 10.0. The number of carbonyl (C=O) groups is 2. The van der Waals surface area contributed by atoms with Crippen molar-refractivity contribution < 1.29 is 14.7 Å². The second-order valence-corrected chi connectivity index (χ2v) is 4.16. The lowest BCUT2D eigenvalue weighted by Gasteiger charge is -2.26. The predicted octanol–water partition coefficient (Wildman–Crippen LogP) is 1.27. The minimum Gasteiger partial charge on any atom is -0.478 e. The summed E-state index contributed by atoms with van der Waals surface area (Å²) in [5.74, 6) is -0.841. The predicted molar refractivity (Wildman–Crippen MR) is 56.3 cm³/mol. The van der Waals surface area contributed by atoms with E-state index < -0.39 is 5.97 Å². The maximum absolute atomic E-state index is 11.6. The van der Waals surface area contributed by atoms with E-state index in [1.807, 2.05) is 0 Å². The van der Waals surface area contributed by atoms with Crippen molar-refractivity contribution in [2.24, 2.45) is 5.92 Å². The maximum Gasteiger partial charge on any atom is 0.328 e. The van der Waals surface area contributed by atoms with Crippen molar-refractivity contribution in [1.82, 2.24) is 4.90 Å². The number of rotatable bonds is 3. The molecule has 0 aliphatic carbocycles. The van der Waals surface area contributed by atoms with Crippen molar-refractivity contribution in [2.45, 2.75) is 32.7 Å². The third-order valence-corrected chi connectivity index (χ3v) is 2.72. The molecule has 15 heavy (non-hydrogen) atoms. The molecule has 1 aliphatic heterocycles. The zero-order valence-corrected chi connectivity index (χ0v) is 9.14. The molecule has 84 valence electrons. The van der Waals surface area contributed by atoms with E-state index in [4.69, 9.17) is 5.11 Å². The fraction of sp³-hybridized carbons (Fsp3) is 0.636. The fourth-order valence-electron chi connectivity index (χ4n) is 2.00. The third-order valence-electron chi connectivity index (χ3n) is 2.72. The topological polar surface area (TPSA) is 57.6 Å². The smallest absolute Gasteiger partial charge is 0.328 e. The molecule has 0 aromatic rings. The van der Waals surface area contributed by atoms with Crippen LogP contribution in [0.2, 0.25) is 0 Å². The highest BCUT2D eigenvalue weighted by Crippen LogP contribution is 2.23. The first-order chi connectivity index (χ1) is 7.02. The lowest BCUT2D eigenvalue weighted by Crippen LogP contribution is -2.37. The summed E-state index contributed by atoms with van der Waals surface area (Å²) in [7, 11) is 0. The number of aliphatic carboxylic acids is 1. The first-order valence-electron chi connectivity index (χ1n) is 5.24. The molecule has 4 nitrogen and oxygen atoms in total. The Hall–Kier alpha value is -1.32. The highest BCUT2D eigenvalue weighted by molar-refractivity contribution is 5.94. The summed E-state index contributed by atoms with van der Waals surface area (Å²) in [6, 6.07) is 0.260. The molecule has 1 atom stereocenters. The molecule has 0 saturated carbocycles. The van der Waals surface area contributed by atoms with Crippen LogP contribution in [-0.2, 0) is 9.59 Å². The van der Waals surface area contributed by atoms with Crippen molar-refractivity contribution >= 4 is 11.9 Å². The van der Waals surface area contributed by atoms with Gasteiger partial charge in [-0.05, 0) is 18.8 Å². The Balaban J connectivity index is 2.62. The second-order valence-electron chi connectivity index (χ2n) is 4.16. The highest BCUT2D eigenvalue weighted by Gasteiger charge is 2.29. The molecule has 0 bridgehead atoms. The van der Waals surface area contributed by atoms with Crippen molar-refractivity contribution in [1.29, 1.82) is 0 Å². The zero-order chi connectivity index (χ0) is 11.4. The van der Waals surface area contributed by atoms with Crippen LogP contribution >= 0.6 is 0 Å². The lowest BCUT2D eigenvalue weighted by molar-refractivity contribution is -0.132. The van der Waals surface area contributed by atoms with Crippen molar-refractivity contribution in [3.63, 3.8) is 0 Å². The first-order valence-corrected chi connectivity index (χ1v) is 5.24. The SMILES string of the molecule is CC(C)C1CCCN1C(=O)C=CC(=O)O. The van der Waals surface area contributed by atoms with E-state index >= 15 is 0 Å². The minimum atomic E-state index is -1.08. The van der Waals surface area contributed by atoms with E-state index in [1.165, 1.54) is 0 Å². The molecule has 0 aromatic heterocycles. The average molecular weight is 211 g/mol. The molecule has 1 heterocycles. The van der Waals surface area contributed by atoms with Gasteiger partial charge in [0, 0.05) is 24.7 Å². The molecule has 1 fully saturated rings. The normalized spacial score (nSPS) is 21.5. The molecule has 0 spiro atoms. The van der Waals surface area contributed by atoms with Crippen LogP contribution in [-0.4, -0.2) is 34.5 Å². The Labute approximate surface area is 89.6 Å². The van der Waals surface area contributed by atoms with Crippen molar-refractivity contribution in [3.05, 3.63) is 12.2 Å². The van der Waals surface area contributed by atoms with Gasteiger partial charge in [0.15, 0.2) is 0 Å². The standard InChI is InChI=1S/C11H17NO3/c1-8(2)9-4-3-7-12(9)10(13)5-6-11(14)15/h5-6,8-9H,3-4,7H2,1-2H3,(H,14,15). The molecule has 1 amide bonds. The van der Waals surface area contributed by atoms with Crippen LogP contribution in [0.3, 0.4) is 0 Å². The number of nitrogens with zero attached hydrogens (tertiary/aromatic N) is 1. The summed E-state index contributed by atoms with van der Waals surface area (Å²) in [4.78, 5) is 23.7. The Kier molecular flexibility index (Phi) is 3.88. The molecule has 0 radical (unpaired) electrons. The second kappa shape index (κ2) is 4.96. The summed E-state index contributed by atoms with van der Waals surface area (Å²) in [5, 5.41) is 8.42. The molecular formula is C11H17NO3. The van der Waals surface area contributed by atoms with E-state index in [2.05, 4.69) is 13.8 Å². The van der Waals surface area contributed by atoms with Crippen LogP contribution < -0.4 is 0 Å². The van der Waals surface area contributed by atoms with Gasteiger partial charge in [0.2, 0.25) is 5.91 Å². The van der Waals surface area contributed by atoms with Gasteiger partial charge in [-0.15, -0.1) is 0 Å². The number of carbonyl (C=O) groups excluding carboxylic acids is 1. The number of carboxylic acid groups (broad SMARTS) is 1. The maximum atomic E-state index is 11.6. The molecule has 1 N–H and O–H groups in total. The van der Waals surface area contributed by atoms with Crippen LogP contribution in [0.1, 0.15) is 26.7 Å². The number of carboxylic acids is 1. The molecule has 1 aliphatic rings. The minimum absolute atomic E-state index is 0.186. The molecule has 4 heteroatoms. The molecule has 1 rings (SSSR count). The van der Waals surface area contributed by atoms with Gasteiger partial charge in [0.25, 0.3) is 0 Å². The largest absolute Gasteiger partial charge is 0.478 e. The van der Waals surface area contributed by atoms with E-state index in [0.717, 1.165) is 31.5 Å². The highest BCUT2D eigenvalue weighted by atomic mass is 16.4. The monoisotopic (exact) mass is 211 g/mol. The van der Waals surface area contributed by atoms with E-state index in [1.54, 1.807) is 4.90 Å². The fourth-order valence-corrected chi connectivity index (χ4v) is 2.00. The van der Waals surface area contributed by atoms with Gasteiger partial charge >= 0.3 is 5.97 Å². The summed E-state index contributed by atoms with van der Waals surface area (Å²) in [5.41, 5.74) is 0. The van der Waals surface area contributed by atoms with Crippen LogP contribution in [0.4, 0.5) is 0 Å².